The number of anilines is 1. The van der Waals surface area contributed by atoms with Crippen LogP contribution in [0, 0.1) is 0 Å². The van der Waals surface area contributed by atoms with Crippen molar-refractivity contribution in [3.8, 4) is 6.01 Å². The normalized spacial score (nSPS) is 20.4. The van der Waals surface area contributed by atoms with E-state index in [0.717, 1.165) is 0 Å². The first-order valence-electron chi connectivity index (χ1n) is 9.10. The van der Waals surface area contributed by atoms with Crippen molar-refractivity contribution in [2.75, 3.05) is 11.5 Å². The second kappa shape index (κ2) is 8.13. The van der Waals surface area contributed by atoms with Crippen LogP contribution in [0.5, 0.6) is 6.01 Å². The van der Waals surface area contributed by atoms with Gasteiger partial charge in [0, 0.05) is 12.1 Å². The minimum Gasteiger partial charge on any atom is -0.464 e. The van der Waals surface area contributed by atoms with Crippen LogP contribution in [-0.4, -0.2) is 33.6 Å². The molecule has 2 saturated carbocycles. The number of hydrogen-bond donors (Lipinski definition) is 0. The summed E-state index contributed by atoms with van der Waals surface area (Å²) in [5, 5.41) is 0.232. The van der Waals surface area contributed by atoms with E-state index in [0.29, 0.717) is 30.6 Å². The van der Waals surface area contributed by atoms with Crippen molar-refractivity contribution >= 4 is 17.5 Å². The van der Waals surface area contributed by atoms with Crippen molar-refractivity contribution in [2.24, 2.45) is 0 Å². The molecular weight excluding hydrogens is 312 g/mol. The van der Waals surface area contributed by atoms with Gasteiger partial charge in [-0.25, -0.2) is 0 Å². The number of nitrogens with zero attached hydrogens (tertiary/aromatic N) is 4. The zero-order chi connectivity index (χ0) is 16.1. The van der Waals surface area contributed by atoms with Crippen LogP contribution >= 0.6 is 11.6 Å². The molecule has 0 N–H and O–H groups in total. The topological polar surface area (TPSA) is 51.1 Å². The molecule has 128 valence electrons. The molecular formula is C17H27ClN4O. The molecule has 2 fully saturated rings. The van der Waals surface area contributed by atoms with Crippen LogP contribution in [0.15, 0.2) is 0 Å². The maximum atomic E-state index is 6.14. The summed E-state index contributed by atoms with van der Waals surface area (Å²) < 4.78 is 5.48. The summed E-state index contributed by atoms with van der Waals surface area (Å²) in [5.74, 6) is 0.715. The van der Waals surface area contributed by atoms with Crippen molar-refractivity contribution in [1.29, 1.82) is 0 Å². The van der Waals surface area contributed by atoms with Crippen LogP contribution < -0.4 is 9.64 Å². The minimum atomic E-state index is 0.232. The Kier molecular flexibility index (Phi) is 5.92. The first-order chi connectivity index (χ1) is 11.3. The summed E-state index contributed by atoms with van der Waals surface area (Å²) >= 11 is 6.14. The van der Waals surface area contributed by atoms with Crippen LogP contribution in [0.25, 0.3) is 0 Å². The maximum Gasteiger partial charge on any atom is 0.322 e. The molecule has 0 saturated heterocycles. The fraction of sp³-hybridized carbons (Fsp3) is 0.824. The van der Waals surface area contributed by atoms with Gasteiger partial charge in [0.1, 0.15) is 0 Å². The van der Waals surface area contributed by atoms with Crippen LogP contribution in [0.2, 0.25) is 5.28 Å². The molecule has 0 unspecified atom stereocenters. The summed E-state index contributed by atoms with van der Waals surface area (Å²) in [7, 11) is 0. The number of rotatable bonds is 5. The third-order valence-corrected chi connectivity index (χ3v) is 5.19. The number of aromatic nitrogens is 3. The van der Waals surface area contributed by atoms with Gasteiger partial charge in [-0.3, -0.25) is 0 Å². The Morgan fingerprint density at radius 2 is 1.48 bits per heavy atom. The highest BCUT2D eigenvalue weighted by molar-refractivity contribution is 6.28. The summed E-state index contributed by atoms with van der Waals surface area (Å²) in [6.07, 6.45) is 12.8. The molecule has 3 rings (SSSR count). The van der Waals surface area contributed by atoms with Gasteiger partial charge in [0.2, 0.25) is 11.2 Å². The Morgan fingerprint density at radius 3 is 2.00 bits per heavy atom. The van der Waals surface area contributed by atoms with E-state index in [9.17, 15) is 0 Å². The highest BCUT2D eigenvalue weighted by Crippen LogP contribution is 2.33. The van der Waals surface area contributed by atoms with Gasteiger partial charge in [0.05, 0.1) is 6.61 Å². The molecule has 2 aliphatic rings. The molecule has 5 nitrogen and oxygen atoms in total. The molecule has 0 spiro atoms. The van der Waals surface area contributed by atoms with Gasteiger partial charge in [-0.2, -0.15) is 15.0 Å². The minimum absolute atomic E-state index is 0.232. The van der Waals surface area contributed by atoms with Crippen molar-refractivity contribution in [1.82, 2.24) is 15.0 Å². The molecule has 0 atom stereocenters. The predicted molar refractivity (Wildman–Crippen MR) is 92.2 cm³/mol. The van der Waals surface area contributed by atoms with Crippen molar-refractivity contribution in [3.63, 3.8) is 0 Å². The highest BCUT2D eigenvalue weighted by Gasteiger charge is 2.31. The van der Waals surface area contributed by atoms with Gasteiger partial charge < -0.3 is 9.64 Å². The van der Waals surface area contributed by atoms with E-state index in [4.69, 9.17) is 16.3 Å². The van der Waals surface area contributed by atoms with Crippen LogP contribution in [0.3, 0.4) is 0 Å². The fourth-order valence-corrected chi connectivity index (χ4v) is 4.12. The molecule has 23 heavy (non-hydrogen) atoms. The van der Waals surface area contributed by atoms with Gasteiger partial charge in [-0.15, -0.1) is 0 Å². The molecule has 0 radical (unpaired) electrons. The number of hydrogen-bond acceptors (Lipinski definition) is 5. The Hall–Kier alpha value is -1.10. The van der Waals surface area contributed by atoms with Crippen LogP contribution in [-0.2, 0) is 0 Å². The van der Waals surface area contributed by atoms with E-state index in [1.54, 1.807) is 0 Å². The molecule has 1 aromatic heterocycles. The average molecular weight is 339 g/mol. The van der Waals surface area contributed by atoms with Crippen molar-refractivity contribution < 1.29 is 4.74 Å². The smallest absolute Gasteiger partial charge is 0.322 e. The molecule has 0 aromatic carbocycles. The monoisotopic (exact) mass is 338 g/mol. The second-order valence-electron chi connectivity index (χ2n) is 6.61. The van der Waals surface area contributed by atoms with Crippen molar-refractivity contribution in [2.45, 2.75) is 83.2 Å². The van der Waals surface area contributed by atoms with Gasteiger partial charge >= 0.3 is 6.01 Å². The lowest BCUT2D eigenvalue weighted by Crippen LogP contribution is -2.46. The highest BCUT2D eigenvalue weighted by atomic mass is 35.5. The zero-order valence-electron chi connectivity index (χ0n) is 14.0. The van der Waals surface area contributed by atoms with E-state index < -0.39 is 0 Å². The Bertz CT molecular complexity index is 483. The third-order valence-electron chi connectivity index (χ3n) is 5.02. The van der Waals surface area contributed by atoms with E-state index in [1.807, 2.05) is 6.92 Å². The predicted octanol–water partition coefficient (Wildman–Crippen LogP) is 4.40. The number of halogens is 1. The van der Waals surface area contributed by atoms with E-state index in [-0.39, 0.29) is 5.28 Å². The van der Waals surface area contributed by atoms with Gasteiger partial charge in [0.25, 0.3) is 0 Å². The lowest BCUT2D eigenvalue weighted by atomic mass is 9.89. The summed E-state index contributed by atoms with van der Waals surface area (Å²) in [6.45, 7) is 2.46. The van der Waals surface area contributed by atoms with E-state index in [2.05, 4.69) is 19.9 Å². The molecule has 0 bridgehead atoms. The SMILES string of the molecule is CCOc1nc(Cl)nc(N(C2CCCCC2)C2CCCCC2)n1. The standard InChI is InChI=1S/C17H27ClN4O/c1-2-23-17-20-15(18)19-16(21-17)22(13-9-5-3-6-10-13)14-11-7-4-8-12-14/h13-14H,2-12H2,1H3. The lowest BCUT2D eigenvalue weighted by molar-refractivity contribution is 0.305. The molecule has 1 aromatic rings. The first kappa shape index (κ1) is 16.7. The third kappa shape index (κ3) is 4.25. The largest absolute Gasteiger partial charge is 0.464 e. The van der Waals surface area contributed by atoms with Gasteiger partial charge in [-0.1, -0.05) is 38.5 Å². The Balaban J connectivity index is 1.89. The molecule has 1 heterocycles. The zero-order valence-corrected chi connectivity index (χ0v) is 14.8. The Labute approximate surface area is 143 Å². The van der Waals surface area contributed by atoms with Crippen LogP contribution in [0.1, 0.15) is 71.1 Å². The molecule has 0 aliphatic heterocycles. The van der Waals surface area contributed by atoms with E-state index in [1.165, 1.54) is 64.2 Å². The summed E-state index contributed by atoms with van der Waals surface area (Å²) in [4.78, 5) is 15.6. The quantitative estimate of drug-likeness (QED) is 0.796. The van der Waals surface area contributed by atoms with Crippen molar-refractivity contribution in [3.05, 3.63) is 5.28 Å². The summed E-state index contributed by atoms with van der Waals surface area (Å²) in [6, 6.07) is 1.40. The molecule has 0 amide bonds. The Morgan fingerprint density at radius 1 is 0.913 bits per heavy atom. The van der Waals surface area contributed by atoms with Crippen LogP contribution in [0.4, 0.5) is 5.95 Å². The fourth-order valence-electron chi connectivity index (χ4n) is 3.97. The number of ether oxygens (including phenoxy) is 1. The van der Waals surface area contributed by atoms with E-state index >= 15 is 0 Å². The first-order valence-corrected chi connectivity index (χ1v) is 9.48. The lowest BCUT2D eigenvalue weighted by Gasteiger charge is -2.41. The van der Waals surface area contributed by atoms with Gasteiger partial charge in [0.15, 0.2) is 0 Å². The van der Waals surface area contributed by atoms with Gasteiger partial charge in [-0.05, 0) is 44.2 Å². The maximum absolute atomic E-state index is 6.14. The molecule has 2 aliphatic carbocycles. The average Bonchev–Trinajstić information content (AvgIpc) is 2.57. The summed E-state index contributed by atoms with van der Waals surface area (Å²) in [5.41, 5.74) is 0. The second-order valence-corrected chi connectivity index (χ2v) is 6.95. The molecule has 6 heteroatoms.